The number of hydrazone groups is 1. The molecule has 2 aromatic rings. The number of carbonyl (C=O) groups is 1. The van der Waals surface area contributed by atoms with Gasteiger partial charge in [0.05, 0.1) is 11.1 Å². The maximum absolute atomic E-state index is 11.8. The molecule has 7 nitrogen and oxygen atoms in total. The average Bonchev–Trinajstić information content (AvgIpc) is 2.49. The van der Waals surface area contributed by atoms with E-state index in [2.05, 4.69) is 10.5 Å². The monoisotopic (exact) mass is 298 g/mol. The molecule has 0 unspecified atom stereocenters. The van der Waals surface area contributed by atoms with Gasteiger partial charge in [0.2, 0.25) is 0 Å². The number of nitrogens with zero attached hydrogens (tertiary/aromatic N) is 2. The number of carbonyl (C=O) groups excluding carboxylic acids is 1. The van der Waals surface area contributed by atoms with E-state index < -0.39 is 10.8 Å². The van der Waals surface area contributed by atoms with Crippen molar-refractivity contribution in [3.63, 3.8) is 0 Å². The Morgan fingerprint density at radius 1 is 1.27 bits per heavy atom. The highest BCUT2D eigenvalue weighted by Gasteiger charge is 2.10. The summed E-state index contributed by atoms with van der Waals surface area (Å²) >= 11 is 0. The average molecular weight is 298 g/mol. The number of nitrogens with two attached hydrogens (primary N) is 1. The minimum atomic E-state index is -0.459. The van der Waals surface area contributed by atoms with Gasteiger partial charge in [-0.15, -0.1) is 0 Å². The fourth-order valence-corrected chi connectivity index (χ4v) is 1.77. The van der Waals surface area contributed by atoms with E-state index in [1.165, 1.54) is 12.3 Å². The third kappa shape index (κ3) is 3.66. The second kappa shape index (κ2) is 6.49. The van der Waals surface area contributed by atoms with Crippen LogP contribution in [0.1, 0.15) is 21.5 Å². The zero-order valence-electron chi connectivity index (χ0n) is 11.8. The summed E-state index contributed by atoms with van der Waals surface area (Å²) in [6.07, 6.45) is 1.35. The van der Waals surface area contributed by atoms with Crippen molar-refractivity contribution in [2.75, 3.05) is 5.73 Å². The largest absolute Gasteiger partial charge is 0.399 e. The maximum atomic E-state index is 11.8. The summed E-state index contributed by atoms with van der Waals surface area (Å²) in [5.74, 6) is -0.391. The summed E-state index contributed by atoms with van der Waals surface area (Å²) in [5, 5.41) is 14.6. The molecule has 2 aromatic carbocycles. The van der Waals surface area contributed by atoms with Gasteiger partial charge in [0.25, 0.3) is 11.6 Å². The molecular weight excluding hydrogens is 284 g/mol. The van der Waals surface area contributed by atoms with Crippen LogP contribution in [0, 0.1) is 17.0 Å². The van der Waals surface area contributed by atoms with Crippen LogP contribution in [0.2, 0.25) is 0 Å². The van der Waals surface area contributed by atoms with Crippen molar-refractivity contribution >= 4 is 23.5 Å². The topological polar surface area (TPSA) is 111 Å². The minimum Gasteiger partial charge on any atom is -0.399 e. The van der Waals surface area contributed by atoms with Crippen LogP contribution in [-0.4, -0.2) is 17.0 Å². The van der Waals surface area contributed by atoms with E-state index in [-0.39, 0.29) is 5.69 Å². The van der Waals surface area contributed by atoms with Gasteiger partial charge in [-0.25, -0.2) is 5.43 Å². The number of anilines is 1. The number of nitro benzene ring substituents is 1. The summed E-state index contributed by atoms with van der Waals surface area (Å²) in [4.78, 5) is 22.2. The molecule has 0 saturated carbocycles. The molecule has 0 fully saturated rings. The lowest BCUT2D eigenvalue weighted by molar-refractivity contribution is -0.385. The Kier molecular flexibility index (Phi) is 4.47. The van der Waals surface area contributed by atoms with E-state index in [0.717, 1.165) is 0 Å². The molecule has 1 amide bonds. The Balaban J connectivity index is 2.06. The van der Waals surface area contributed by atoms with Gasteiger partial charge >= 0.3 is 0 Å². The van der Waals surface area contributed by atoms with Crippen LogP contribution in [0.4, 0.5) is 11.4 Å². The zero-order valence-corrected chi connectivity index (χ0v) is 11.8. The predicted molar refractivity (Wildman–Crippen MR) is 83.7 cm³/mol. The minimum absolute atomic E-state index is 0.00816. The van der Waals surface area contributed by atoms with E-state index in [1.807, 2.05) is 0 Å². The Labute approximate surface area is 126 Å². The summed E-state index contributed by atoms with van der Waals surface area (Å²) < 4.78 is 0. The molecular formula is C15H14N4O3. The highest BCUT2D eigenvalue weighted by atomic mass is 16.6. The van der Waals surface area contributed by atoms with E-state index in [4.69, 9.17) is 5.73 Å². The van der Waals surface area contributed by atoms with E-state index in [1.54, 1.807) is 43.3 Å². The van der Waals surface area contributed by atoms with Crippen LogP contribution in [0.15, 0.2) is 47.6 Å². The van der Waals surface area contributed by atoms with Gasteiger partial charge in [0.1, 0.15) is 0 Å². The first kappa shape index (κ1) is 15.2. The van der Waals surface area contributed by atoms with Crippen molar-refractivity contribution in [2.45, 2.75) is 6.92 Å². The van der Waals surface area contributed by atoms with E-state index in [9.17, 15) is 14.9 Å². The number of amides is 1. The zero-order chi connectivity index (χ0) is 16.1. The molecule has 0 radical (unpaired) electrons. The Morgan fingerprint density at radius 3 is 2.59 bits per heavy atom. The van der Waals surface area contributed by atoms with Crippen molar-refractivity contribution in [1.29, 1.82) is 0 Å². The Hall–Kier alpha value is -3.22. The van der Waals surface area contributed by atoms with Gasteiger partial charge in [-0.2, -0.15) is 5.10 Å². The van der Waals surface area contributed by atoms with Gasteiger partial charge in [-0.05, 0) is 31.2 Å². The third-order valence-electron chi connectivity index (χ3n) is 2.98. The van der Waals surface area contributed by atoms with Crippen molar-refractivity contribution < 1.29 is 9.72 Å². The van der Waals surface area contributed by atoms with Crippen LogP contribution >= 0.6 is 0 Å². The Bertz CT molecular complexity index is 739. The first-order valence-electron chi connectivity index (χ1n) is 6.41. The summed E-state index contributed by atoms with van der Waals surface area (Å²) in [6, 6.07) is 11.1. The summed E-state index contributed by atoms with van der Waals surface area (Å²) in [7, 11) is 0. The first-order valence-corrected chi connectivity index (χ1v) is 6.41. The molecule has 0 spiro atoms. The number of hydrogen-bond acceptors (Lipinski definition) is 5. The van der Waals surface area contributed by atoms with Crippen LogP contribution in [-0.2, 0) is 0 Å². The molecule has 0 bridgehead atoms. The number of nitrogens with one attached hydrogen (secondary N) is 1. The van der Waals surface area contributed by atoms with Crippen LogP contribution in [0.3, 0.4) is 0 Å². The molecule has 112 valence electrons. The summed E-state index contributed by atoms with van der Waals surface area (Å²) in [6.45, 7) is 1.65. The molecule has 3 N–H and O–H groups in total. The quantitative estimate of drug-likeness (QED) is 0.390. The predicted octanol–water partition coefficient (Wildman–Crippen LogP) is 2.25. The van der Waals surface area contributed by atoms with Crippen LogP contribution in [0.25, 0.3) is 0 Å². The molecule has 0 saturated heterocycles. The smallest absolute Gasteiger partial charge is 0.272 e. The third-order valence-corrected chi connectivity index (χ3v) is 2.98. The molecule has 0 aliphatic carbocycles. The van der Waals surface area contributed by atoms with Crippen molar-refractivity contribution in [3.8, 4) is 0 Å². The second-order valence-electron chi connectivity index (χ2n) is 4.62. The number of aryl methyl sites for hydroxylation is 1. The first-order chi connectivity index (χ1) is 10.5. The number of nitrogen functional groups attached to an aromatic ring is 1. The molecule has 2 rings (SSSR count). The molecule has 7 heteroatoms. The van der Waals surface area contributed by atoms with Gasteiger partial charge in [0.15, 0.2) is 0 Å². The standard InChI is InChI=1S/C15H14N4O3/c1-10-2-3-11(8-14(10)19(21)22)9-17-18-15(20)12-4-6-13(16)7-5-12/h2-9H,16H2,1H3,(H,18,20)/b17-9-. The van der Waals surface area contributed by atoms with Crippen molar-refractivity contribution in [2.24, 2.45) is 5.10 Å². The van der Waals surface area contributed by atoms with Crippen LogP contribution in [0.5, 0.6) is 0 Å². The van der Waals surface area contributed by atoms with Gasteiger partial charge in [-0.3, -0.25) is 14.9 Å². The van der Waals surface area contributed by atoms with E-state index >= 15 is 0 Å². The molecule has 0 atom stereocenters. The number of rotatable bonds is 4. The second-order valence-corrected chi connectivity index (χ2v) is 4.62. The van der Waals surface area contributed by atoms with Crippen molar-refractivity contribution in [1.82, 2.24) is 5.43 Å². The van der Waals surface area contributed by atoms with Gasteiger partial charge in [-0.1, -0.05) is 12.1 Å². The molecule has 0 aliphatic heterocycles. The Morgan fingerprint density at radius 2 is 1.95 bits per heavy atom. The van der Waals surface area contributed by atoms with E-state index in [0.29, 0.717) is 22.4 Å². The lowest BCUT2D eigenvalue weighted by Gasteiger charge is -2.01. The number of benzene rings is 2. The molecule has 0 heterocycles. The van der Waals surface area contributed by atoms with Gasteiger partial charge in [0, 0.05) is 28.4 Å². The number of nitro groups is 1. The number of hydrogen-bond donors (Lipinski definition) is 2. The fraction of sp³-hybridized carbons (Fsp3) is 0.0667. The molecule has 22 heavy (non-hydrogen) atoms. The SMILES string of the molecule is Cc1ccc(/C=N\NC(=O)c2ccc(N)cc2)cc1[N+](=O)[O-]. The van der Waals surface area contributed by atoms with Crippen molar-refractivity contribution in [3.05, 3.63) is 69.3 Å². The maximum Gasteiger partial charge on any atom is 0.272 e. The van der Waals surface area contributed by atoms with Crippen LogP contribution < -0.4 is 11.2 Å². The highest BCUT2D eigenvalue weighted by molar-refractivity contribution is 5.95. The normalized spacial score (nSPS) is 10.6. The highest BCUT2D eigenvalue weighted by Crippen LogP contribution is 2.18. The fourth-order valence-electron chi connectivity index (χ4n) is 1.77. The van der Waals surface area contributed by atoms with Gasteiger partial charge < -0.3 is 5.73 Å². The molecule has 0 aliphatic rings. The lowest BCUT2D eigenvalue weighted by Crippen LogP contribution is -2.17. The lowest BCUT2D eigenvalue weighted by atomic mass is 10.1. The summed E-state index contributed by atoms with van der Waals surface area (Å²) in [5.41, 5.74) is 9.96. The molecule has 0 aromatic heterocycles.